The molecule has 0 aliphatic heterocycles. The summed E-state index contributed by atoms with van der Waals surface area (Å²) in [4.78, 5) is 33.4. The van der Waals surface area contributed by atoms with Crippen molar-refractivity contribution in [2.75, 3.05) is 10.6 Å². The molecule has 33 heavy (non-hydrogen) atoms. The van der Waals surface area contributed by atoms with Crippen LogP contribution in [0.25, 0.3) is 32.6 Å². The van der Waals surface area contributed by atoms with Crippen LogP contribution in [0, 0.1) is 12.7 Å². The number of pyridine rings is 1. The summed E-state index contributed by atoms with van der Waals surface area (Å²) in [6, 6.07) is 12.7. The van der Waals surface area contributed by atoms with Crippen LogP contribution in [0.4, 0.5) is 15.2 Å². The van der Waals surface area contributed by atoms with E-state index in [1.165, 1.54) is 30.4 Å². The van der Waals surface area contributed by atoms with Crippen molar-refractivity contribution in [3.05, 3.63) is 65.6 Å². The minimum Gasteiger partial charge on any atom is -0.335 e. The summed E-state index contributed by atoms with van der Waals surface area (Å²) in [7, 11) is 0. The number of hydrogen-bond acceptors (Lipinski definition) is 7. The Kier molecular flexibility index (Phi) is 5.06. The molecular formula is C23H16FN5O3S. The normalized spacial score (nSPS) is 11.1. The number of fused-ring (bicyclic) bond motifs is 2. The van der Waals surface area contributed by atoms with Crippen molar-refractivity contribution in [1.82, 2.24) is 15.1 Å². The van der Waals surface area contributed by atoms with Gasteiger partial charge in [0.05, 0.1) is 32.6 Å². The van der Waals surface area contributed by atoms with Crippen LogP contribution in [0.3, 0.4) is 0 Å². The van der Waals surface area contributed by atoms with E-state index in [1.807, 2.05) is 0 Å². The van der Waals surface area contributed by atoms with Crippen molar-refractivity contribution in [2.24, 2.45) is 0 Å². The molecule has 2 amide bonds. The minimum absolute atomic E-state index is 0.171. The number of nitrogens with zero attached hydrogens (tertiary/aromatic N) is 3. The summed E-state index contributed by atoms with van der Waals surface area (Å²) >= 11 is 1.28. The third-order valence-electron chi connectivity index (χ3n) is 4.93. The first kappa shape index (κ1) is 20.7. The molecule has 2 N–H and O–H groups in total. The molecule has 164 valence electrons. The molecule has 10 heteroatoms. The quantitative estimate of drug-likeness (QED) is 0.383. The highest BCUT2D eigenvalue weighted by Crippen LogP contribution is 2.31. The van der Waals surface area contributed by atoms with Crippen molar-refractivity contribution in [1.29, 1.82) is 0 Å². The van der Waals surface area contributed by atoms with Gasteiger partial charge >= 0.3 is 0 Å². The molecule has 0 fully saturated rings. The van der Waals surface area contributed by atoms with Gasteiger partial charge in [-0.05, 0) is 55.5 Å². The minimum atomic E-state index is -0.404. The van der Waals surface area contributed by atoms with Crippen LogP contribution in [0.2, 0.25) is 0 Å². The van der Waals surface area contributed by atoms with Gasteiger partial charge in [0.15, 0.2) is 5.13 Å². The van der Waals surface area contributed by atoms with Crippen LogP contribution in [0.15, 0.2) is 53.1 Å². The molecule has 0 aliphatic carbocycles. The first-order valence-electron chi connectivity index (χ1n) is 9.90. The van der Waals surface area contributed by atoms with E-state index in [1.54, 1.807) is 43.3 Å². The molecule has 2 aromatic carbocycles. The van der Waals surface area contributed by atoms with Gasteiger partial charge in [0.2, 0.25) is 5.91 Å². The molecular weight excluding hydrogens is 445 g/mol. The third-order valence-corrected chi connectivity index (χ3v) is 5.86. The number of anilines is 2. The fraction of sp³-hybridized carbons (Fsp3) is 0.0870. The average molecular weight is 461 g/mol. The van der Waals surface area contributed by atoms with Crippen LogP contribution in [0.5, 0.6) is 0 Å². The lowest BCUT2D eigenvalue weighted by molar-refractivity contribution is -0.114. The van der Waals surface area contributed by atoms with Gasteiger partial charge in [-0.2, -0.15) is 0 Å². The predicted octanol–water partition coefficient (Wildman–Crippen LogP) is 5.16. The lowest BCUT2D eigenvalue weighted by Crippen LogP contribution is -2.13. The van der Waals surface area contributed by atoms with Crippen LogP contribution in [0.1, 0.15) is 23.0 Å². The third kappa shape index (κ3) is 4.03. The molecule has 3 heterocycles. The highest BCUT2D eigenvalue weighted by Gasteiger charge is 2.20. The van der Waals surface area contributed by atoms with Gasteiger partial charge in [-0.3, -0.25) is 14.9 Å². The van der Waals surface area contributed by atoms with E-state index in [0.29, 0.717) is 44.2 Å². The number of aryl methyl sites for hydroxylation is 1. The second kappa shape index (κ2) is 8.06. The van der Waals surface area contributed by atoms with Crippen molar-refractivity contribution in [3.8, 4) is 11.3 Å². The van der Waals surface area contributed by atoms with Gasteiger partial charge in [0.25, 0.3) is 11.6 Å². The molecule has 3 aromatic heterocycles. The number of nitrogens with one attached hydrogen (secondary N) is 2. The summed E-state index contributed by atoms with van der Waals surface area (Å²) in [6.07, 6.45) is 0. The zero-order valence-corrected chi connectivity index (χ0v) is 18.3. The average Bonchev–Trinajstić information content (AvgIpc) is 3.35. The summed E-state index contributed by atoms with van der Waals surface area (Å²) in [5.74, 6) is -0.945. The van der Waals surface area contributed by atoms with Crippen molar-refractivity contribution in [2.45, 2.75) is 13.8 Å². The van der Waals surface area contributed by atoms with Crippen LogP contribution >= 0.6 is 11.3 Å². The molecule has 0 radical (unpaired) electrons. The van der Waals surface area contributed by atoms with Crippen LogP contribution in [-0.2, 0) is 4.79 Å². The molecule has 0 spiro atoms. The Balaban J connectivity index is 1.52. The smallest absolute Gasteiger partial charge is 0.259 e. The van der Waals surface area contributed by atoms with Gasteiger partial charge in [-0.1, -0.05) is 16.5 Å². The molecule has 0 atom stereocenters. The standard InChI is InChI=1S/C23H16FN5O3S/c1-11-20-16(10-18(26-22(20)32-29-11)13-3-5-14(24)6-4-13)21(31)28-23-27-17-8-7-15(25-12(2)30)9-19(17)33-23/h3-10H,1-2H3,(H,25,30)(H,27,28,31). The maximum Gasteiger partial charge on any atom is 0.259 e. The highest BCUT2D eigenvalue weighted by atomic mass is 32.1. The van der Waals surface area contributed by atoms with E-state index in [4.69, 9.17) is 4.52 Å². The van der Waals surface area contributed by atoms with E-state index >= 15 is 0 Å². The van der Waals surface area contributed by atoms with Crippen LogP contribution in [-0.4, -0.2) is 26.9 Å². The van der Waals surface area contributed by atoms with E-state index in [-0.39, 0.29) is 17.4 Å². The number of rotatable bonds is 4. The number of aromatic nitrogens is 3. The Morgan fingerprint density at radius 3 is 2.58 bits per heavy atom. The van der Waals surface area contributed by atoms with Crippen molar-refractivity contribution < 1.29 is 18.5 Å². The number of thiazole rings is 1. The zero-order chi connectivity index (χ0) is 23.1. The lowest BCUT2D eigenvalue weighted by Gasteiger charge is -2.07. The first-order chi connectivity index (χ1) is 15.9. The predicted molar refractivity (Wildman–Crippen MR) is 124 cm³/mol. The second-order valence-corrected chi connectivity index (χ2v) is 8.38. The number of carbonyl (C=O) groups excluding carboxylic acids is 2. The number of halogens is 1. The highest BCUT2D eigenvalue weighted by molar-refractivity contribution is 7.22. The van der Waals surface area contributed by atoms with Gasteiger partial charge in [0.1, 0.15) is 5.82 Å². The van der Waals surface area contributed by atoms with E-state index in [9.17, 15) is 14.0 Å². The molecule has 0 aliphatic rings. The topological polar surface area (TPSA) is 110 Å². The summed E-state index contributed by atoms with van der Waals surface area (Å²) < 4.78 is 19.5. The molecule has 5 rings (SSSR count). The fourth-order valence-electron chi connectivity index (χ4n) is 3.47. The summed E-state index contributed by atoms with van der Waals surface area (Å²) in [5, 5.41) is 10.4. The van der Waals surface area contributed by atoms with E-state index < -0.39 is 5.91 Å². The van der Waals surface area contributed by atoms with Gasteiger partial charge in [-0.25, -0.2) is 14.4 Å². The molecule has 0 saturated carbocycles. The molecule has 5 aromatic rings. The largest absolute Gasteiger partial charge is 0.335 e. The van der Waals surface area contributed by atoms with Crippen LogP contribution < -0.4 is 10.6 Å². The number of hydrogen-bond donors (Lipinski definition) is 2. The molecule has 0 unspecified atom stereocenters. The van der Waals surface area contributed by atoms with Gasteiger partial charge in [0, 0.05) is 18.2 Å². The number of benzene rings is 2. The Labute approximate surface area is 190 Å². The van der Waals surface area contributed by atoms with Crippen molar-refractivity contribution >= 4 is 55.3 Å². The molecule has 8 nitrogen and oxygen atoms in total. The van der Waals surface area contributed by atoms with Crippen molar-refractivity contribution in [3.63, 3.8) is 0 Å². The Morgan fingerprint density at radius 1 is 1.03 bits per heavy atom. The number of carbonyl (C=O) groups is 2. The number of amides is 2. The Hall–Kier alpha value is -4.18. The first-order valence-corrected chi connectivity index (χ1v) is 10.7. The summed E-state index contributed by atoms with van der Waals surface area (Å²) in [6.45, 7) is 3.16. The Morgan fingerprint density at radius 2 is 1.82 bits per heavy atom. The van der Waals surface area contributed by atoms with Gasteiger partial charge in [-0.15, -0.1) is 0 Å². The summed E-state index contributed by atoms with van der Waals surface area (Å²) in [5.41, 5.74) is 3.48. The van der Waals surface area contributed by atoms with Gasteiger partial charge < -0.3 is 9.84 Å². The van der Waals surface area contributed by atoms with E-state index in [0.717, 1.165) is 4.70 Å². The second-order valence-electron chi connectivity index (χ2n) is 7.35. The maximum absolute atomic E-state index is 13.3. The van der Waals surface area contributed by atoms with E-state index in [2.05, 4.69) is 25.8 Å². The molecule has 0 saturated heterocycles. The lowest BCUT2D eigenvalue weighted by atomic mass is 10.1. The molecule has 0 bridgehead atoms. The SMILES string of the molecule is CC(=O)Nc1ccc2nc(NC(=O)c3cc(-c4ccc(F)cc4)nc4onc(C)c34)sc2c1. The monoisotopic (exact) mass is 461 g/mol. The maximum atomic E-state index is 13.3. The Bertz CT molecular complexity index is 1540. The fourth-order valence-corrected chi connectivity index (χ4v) is 4.37. The zero-order valence-electron chi connectivity index (χ0n) is 17.5.